The predicted octanol–water partition coefficient (Wildman–Crippen LogP) is 2.81. The van der Waals surface area contributed by atoms with E-state index in [2.05, 4.69) is 33.0 Å². The van der Waals surface area contributed by atoms with E-state index < -0.39 is 0 Å². The molecule has 0 fully saturated rings. The third-order valence-electron chi connectivity index (χ3n) is 2.58. The van der Waals surface area contributed by atoms with Gasteiger partial charge < -0.3 is 10.4 Å². The minimum atomic E-state index is 0.354. The second-order valence-electron chi connectivity index (χ2n) is 5.72. The van der Waals surface area contributed by atoms with Crippen LogP contribution in [0.3, 0.4) is 0 Å². The molecule has 0 aliphatic heterocycles. The second kappa shape index (κ2) is 8.12. The molecular weight excluding hydrogens is 186 g/mol. The Kier molecular flexibility index (Phi) is 8.07. The maximum Gasteiger partial charge on any atom is 0.0459 e. The molecule has 0 aromatic heterocycles. The SMILES string of the molecule is CCC[C@H](CO)CCCNCC(C)(C)C. The average Bonchev–Trinajstić information content (AvgIpc) is 2.14. The summed E-state index contributed by atoms with van der Waals surface area (Å²) in [5, 5.41) is 12.6. The van der Waals surface area contributed by atoms with Crippen LogP contribution in [0.1, 0.15) is 53.4 Å². The average molecular weight is 215 g/mol. The van der Waals surface area contributed by atoms with Crippen LogP contribution in [0.4, 0.5) is 0 Å². The first-order valence-corrected chi connectivity index (χ1v) is 6.31. The molecule has 0 rings (SSSR count). The lowest BCUT2D eigenvalue weighted by Crippen LogP contribution is -2.28. The first kappa shape index (κ1) is 14.9. The monoisotopic (exact) mass is 215 g/mol. The second-order valence-corrected chi connectivity index (χ2v) is 5.72. The summed E-state index contributed by atoms with van der Waals surface area (Å²) >= 11 is 0. The molecule has 2 heteroatoms. The maximum absolute atomic E-state index is 9.12. The van der Waals surface area contributed by atoms with Crippen molar-refractivity contribution >= 4 is 0 Å². The fraction of sp³-hybridized carbons (Fsp3) is 1.00. The van der Waals surface area contributed by atoms with E-state index in [4.69, 9.17) is 5.11 Å². The van der Waals surface area contributed by atoms with Crippen molar-refractivity contribution in [1.29, 1.82) is 0 Å². The lowest BCUT2D eigenvalue weighted by Gasteiger charge is -2.19. The zero-order valence-corrected chi connectivity index (χ0v) is 11.0. The Labute approximate surface area is 95.5 Å². The fourth-order valence-corrected chi connectivity index (χ4v) is 1.71. The molecule has 0 aromatic carbocycles. The lowest BCUT2D eigenvalue weighted by atomic mass is 9.96. The van der Waals surface area contributed by atoms with Gasteiger partial charge in [0.1, 0.15) is 0 Å². The molecule has 92 valence electrons. The van der Waals surface area contributed by atoms with Crippen molar-refractivity contribution < 1.29 is 5.11 Å². The molecule has 0 aromatic rings. The Morgan fingerprint density at radius 1 is 1.20 bits per heavy atom. The molecular formula is C13H29NO. The van der Waals surface area contributed by atoms with Crippen LogP contribution in [0, 0.1) is 11.3 Å². The quantitative estimate of drug-likeness (QED) is 0.610. The highest BCUT2D eigenvalue weighted by Crippen LogP contribution is 2.13. The number of aliphatic hydroxyl groups is 1. The molecule has 0 saturated carbocycles. The van der Waals surface area contributed by atoms with Gasteiger partial charge in [-0.15, -0.1) is 0 Å². The summed E-state index contributed by atoms with van der Waals surface area (Å²) < 4.78 is 0. The van der Waals surface area contributed by atoms with Crippen LogP contribution in [0.2, 0.25) is 0 Å². The van der Waals surface area contributed by atoms with Gasteiger partial charge in [-0.05, 0) is 43.7 Å². The minimum Gasteiger partial charge on any atom is -0.396 e. The smallest absolute Gasteiger partial charge is 0.0459 e. The van der Waals surface area contributed by atoms with Crippen LogP contribution in [0.5, 0.6) is 0 Å². The molecule has 15 heavy (non-hydrogen) atoms. The Bertz CT molecular complexity index is 140. The largest absolute Gasteiger partial charge is 0.396 e. The Hall–Kier alpha value is -0.0800. The van der Waals surface area contributed by atoms with Crippen LogP contribution in [-0.4, -0.2) is 24.8 Å². The molecule has 2 N–H and O–H groups in total. The van der Waals surface area contributed by atoms with Crippen molar-refractivity contribution in [1.82, 2.24) is 5.32 Å². The first-order chi connectivity index (χ1) is 6.99. The fourth-order valence-electron chi connectivity index (χ4n) is 1.71. The van der Waals surface area contributed by atoms with Gasteiger partial charge in [-0.25, -0.2) is 0 Å². The van der Waals surface area contributed by atoms with Crippen LogP contribution in [0.25, 0.3) is 0 Å². The summed E-state index contributed by atoms with van der Waals surface area (Å²) in [5.74, 6) is 0.520. The molecule has 0 bridgehead atoms. The van der Waals surface area contributed by atoms with Gasteiger partial charge in [0.15, 0.2) is 0 Å². The maximum atomic E-state index is 9.12. The molecule has 0 saturated heterocycles. The van der Waals surface area contributed by atoms with Crippen molar-refractivity contribution in [2.75, 3.05) is 19.7 Å². The third-order valence-corrected chi connectivity index (χ3v) is 2.58. The van der Waals surface area contributed by atoms with Crippen molar-refractivity contribution in [3.05, 3.63) is 0 Å². The van der Waals surface area contributed by atoms with Gasteiger partial charge in [0.05, 0.1) is 0 Å². The van der Waals surface area contributed by atoms with Crippen molar-refractivity contribution in [2.24, 2.45) is 11.3 Å². The molecule has 0 aliphatic rings. The molecule has 0 spiro atoms. The molecule has 0 heterocycles. The summed E-state index contributed by atoms with van der Waals surface area (Å²) in [7, 11) is 0. The summed E-state index contributed by atoms with van der Waals surface area (Å²) in [6.07, 6.45) is 4.68. The summed E-state index contributed by atoms with van der Waals surface area (Å²) in [6, 6.07) is 0. The molecule has 0 unspecified atom stereocenters. The number of nitrogens with one attached hydrogen (secondary N) is 1. The summed E-state index contributed by atoms with van der Waals surface area (Å²) in [6.45, 7) is 11.4. The Morgan fingerprint density at radius 3 is 2.33 bits per heavy atom. The number of rotatable bonds is 8. The van der Waals surface area contributed by atoms with E-state index in [1.807, 2.05) is 0 Å². The number of hydrogen-bond acceptors (Lipinski definition) is 2. The van der Waals surface area contributed by atoms with Crippen molar-refractivity contribution in [2.45, 2.75) is 53.4 Å². The van der Waals surface area contributed by atoms with E-state index >= 15 is 0 Å². The zero-order valence-electron chi connectivity index (χ0n) is 11.0. The lowest BCUT2D eigenvalue weighted by molar-refractivity contribution is 0.207. The topological polar surface area (TPSA) is 32.3 Å². The zero-order chi connectivity index (χ0) is 11.7. The Morgan fingerprint density at radius 2 is 1.87 bits per heavy atom. The van der Waals surface area contributed by atoms with Gasteiger partial charge in [0, 0.05) is 6.61 Å². The molecule has 1 atom stereocenters. The van der Waals surface area contributed by atoms with Gasteiger partial charge >= 0.3 is 0 Å². The van der Waals surface area contributed by atoms with Crippen molar-refractivity contribution in [3.8, 4) is 0 Å². The molecule has 0 amide bonds. The first-order valence-electron chi connectivity index (χ1n) is 6.31. The van der Waals surface area contributed by atoms with E-state index in [0.29, 0.717) is 17.9 Å². The molecule has 0 radical (unpaired) electrons. The normalized spacial score (nSPS) is 14.2. The summed E-state index contributed by atoms with van der Waals surface area (Å²) in [4.78, 5) is 0. The highest BCUT2D eigenvalue weighted by atomic mass is 16.3. The van der Waals surface area contributed by atoms with Crippen LogP contribution in [0.15, 0.2) is 0 Å². The van der Waals surface area contributed by atoms with Crippen LogP contribution in [-0.2, 0) is 0 Å². The van der Waals surface area contributed by atoms with E-state index in [1.54, 1.807) is 0 Å². The van der Waals surface area contributed by atoms with Gasteiger partial charge in [0.2, 0.25) is 0 Å². The van der Waals surface area contributed by atoms with Gasteiger partial charge in [0.25, 0.3) is 0 Å². The predicted molar refractivity (Wildman–Crippen MR) is 67.0 cm³/mol. The van der Waals surface area contributed by atoms with Crippen LogP contribution < -0.4 is 5.32 Å². The van der Waals surface area contributed by atoms with Gasteiger partial charge in [-0.3, -0.25) is 0 Å². The standard InChI is InChI=1S/C13H29NO/c1-5-7-12(10-15)8-6-9-14-11-13(2,3)4/h12,14-15H,5-11H2,1-4H3/t12-/m0/s1. The number of aliphatic hydroxyl groups excluding tert-OH is 1. The van der Waals surface area contributed by atoms with E-state index in [1.165, 1.54) is 12.8 Å². The van der Waals surface area contributed by atoms with Gasteiger partial charge in [-0.1, -0.05) is 34.1 Å². The third kappa shape index (κ3) is 10.2. The van der Waals surface area contributed by atoms with Gasteiger partial charge in [-0.2, -0.15) is 0 Å². The van der Waals surface area contributed by atoms with Crippen molar-refractivity contribution in [3.63, 3.8) is 0 Å². The van der Waals surface area contributed by atoms with E-state index in [-0.39, 0.29) is 0 Å². The number of hydrogen-bond donors (Lipinski definition) is 2. The van der Waals surface area contributed by atoms with E-state index in [9.17, 15) is 0 Å². The molecule has 0 aliphatic carbocycles. The van der Waals surface area contributed by atoms with E-state index in [0.717, 1.165) is 25.9 Å². The minimum absolute atomic E-state index is 0.354. The molecule has 2 nitrogen and oxygen atoms in total. The van der Waals surface area contributed by atoms with Crippen LogP contribution >= 0.6 is 0 Å². The highest BCUT2D eigenvalue weighted by Gasteiger charge is 2.09. The highest BCUT2D eigenvalue weighted by molar-refractivity contribution is 4.65. The Balaban J connectivity index is 3.36. The summed E-state index contributed by atoms with van der Waals surface area (Å²) in [5.41, 5.74) is 0.375.